The molecule has 1 heteroatoms. The molecule has 1 N–H and O–H groups in total. The maximum atomic E-state index is 3.71. The third kappa shape index (κ3) is 3.49. The zero-order valence-electron chi connectivity index (χ0n) is 22.9. The van der Waals surface area contributed by atoms with Crippen LogP contribution in [-0.4, -0.2) is 0 Å². The van der Waals surface area contributed by atoms with E-state index in [2.05, 4.69) is 164 Å². The molecule has 0 unspecified atom stereocenters. The van der Waals surface area contributed by atoms with Crippen LogP contribution in [0.1, 0.15) is 34.7 Å². The Morgan fingerprint density at radius 1 is 0.463 bits per heavy atom. The van der Waals surface area contributed by atoms with Crippen LogP contribution in [0.2, 0.25) is 0 Å². The van der Waals surface area contributed by atoms with E-state index in [0.717, 1.165) is 11.4 Å². The summed E-state index contributed by atoms with van der Waals surface area (Å²) in [7, 11) is 0. The van der Waals surface area contributed by atoms with Crippen LogP contribution in [-0.2, 0) is 5.41 Å². The van der Waals surface area contributed by atoms with Crippen molar-refractivity contribution in [1.82, 2.24) is 0 Å². The minimum Gasteiger partial charge on any atom is -0.356 e. The van der Waals surface area contributed by atoms with E-state index >= 15 is 0 Å². The van der Waals surface area contributed by atoms with Crippen LogP contribution in [0.25, 0.3) is 39.5 Å². The number of anilines is 2. The van der Waals surface area contributed by atoms with Crippen LogP contribution in [0.3, 0.4) is 0 Å². The van der Waals surface area contributed by atoms with E-state index in [-0.39, 0.29) is 5.41 Å². The SMILES string of the molecule is C/C=C\c1cccc(-c2ccc(Nc3ccc4c(c3)C3(c5ccccc5-c5ccccc53)c3ccccc3-4)cc2)c1. The Balaban J connectivity index is 1.23. The van der Waals surface area contributed by atoms with Gasteiger partial charge in [0.15, 0.2) is 0 Å². The Labute approximate surface area is 241 Å². The molecule has 2 aliphatic carbocycles. The van der Waals surface area contributed by atoms with Gasteiger partial charge in [-0.05, 0) is 98.5 Å². The molecule has 0 heterocycles. The van der Waals surface area contributed by atoms with E-state index in [1.54, 1.807) is 0 Å². The Morgan fingerprint density at radius 3 is 1.63 bits per heavy atom. The second kappa shape index (κ2) is 9.21. The van der Waals surface area contributed by atoms with Crippen molar-refractivity contribution in [2.75, 3.05) is 5.32 Å². The smallest absolute Gasteiger partial charge is 0.0726 e. The monoisotopic (exact) mass is 523 g/mol. The summed E-state index contributed by atoms with van der Waals surface area (Å²) in [6.07, 6.45) is 4.22. The molecule has 0 saturated carbocycles. The minimum atomic E-state index is -0.321. The third-order valence-electron chi connectivity index (χ3n) is 8.75. The maximum Gasteiger partial charge on any atom is 0.0726 e. The van der Waals surface area contributed by atoms with Crippen molar-refractivity contribution in [3.8, 4) is 33.4 Å². The zero-order chi connectivity index (χ0) is 27.4. The van der Waals surface area contributed by atoms with Crippen LogP contribution in [0.5, 0.6) is 0 Å². The molecule has 1 spiro atoms. The predicted octanol–water partition coefficient (Wildman–Crippen LogP) is 10.5. The van der Waals surface area contributed by atoms with Gasteiger partial charge in [-0.15, -0.1) is 0 Å². The number of hydrogen-bond acceptors (Lipinski definition) is 1. The molecule has 0 saturated heterocycles. The van der Waals surface area contributed by atoms with E-state index in [1.165, 1.54) is 61.2 Å². The molecule has 0 bridgehead atoms. The lowest BCUT2D eigenvalue weighted by Crippen LogP contribution is -2.25. The van der Waals surface area contributed by atoms with Gasteiger partial charge in [-0.2, -0.15) is 0 Å². The summed E-state index contributed by atoms with van der Waals surface area (Å²) < 4.78 is 0. The van der Waals surface area contributed by atoms with Crippen molar-refractivity contribution in [2.24, 2.45) is 0 Å². The molecule has 194 valence electrons. The Bertz CT molecular complexity index is 1910. The quantitative estimate of drug-likeness (QED) is 0.242. The second-order valence-electron chi connectivity index (χ2n) is 11.0. The maximum absolute atomic E-state index is 3.71. The largest absolute Gasteiger partial charge is 0.356 e. The van der Waals surface area contributed by atoms with Gasteiger partial charge in [0.25, 0.3) is 0 Å². The van der Waals surface area contributed by atoms with Crippen molar-refractivity contribution in [3.05, 3.63) is 173 Å². The standard InChI is InChI=1S/C40H29N/c1-2-10-27-11-9-12-29(25-27)28-19-21-30(22-20-28)41-31-23-24-35-34-15-5-8-18-38(34)40(39(35)26-31)36-16-6-3-13-32(36)33-14-4-7-17-37(33)40/h2-26,41H,1H3/b10-2-. The molecule has 41 heavy (non-hydrogen) atoms. The van der Waals surface area contributed by atoms with Gasteiger partial charge in [0.05, 0.1) is 5.41 Å². The van der Waals surface area contributed by atoms with Crippen molar-refractivity contribution in [3.63, 3.8) is 0 Å². The third-order valence-corrected chi connectivity index (χ3v) is 8.75. The highest BCUT2D eigenvalue weighted by molar-refractivity contribution is 5.95. The molecule has 6 aromatic carbocycles. The van der Waals surface area contributed by atoms with Gasteiger partial charge in [0.1, 0.15) is 0 Å². The van der Waals surface area contributed by atoms with E-state index in [1.807, 2.05) is 0 Å². The lowest BCUT2D eigenvalue weighted by molar-refractivity contribution is 0.794. The lowest BCUT2D eigenvalue weighted by Gasteiger charge is -2.30. The Hall–Kier alpha value is -5.14. The first-order valence-corrected chi connectivity index (χ1v) is 14.3. The second-order valence-corrected chi connectivity index (χ2v) is 11.0. The Kier molecular flexibility index (Phi) is 5.33. The first kappa shape index (κ1) is 23.7. The fourth-order valence-electron chi connectivity index (χ4n) is 7.10. The molecule has 0 aromatic heterocycles. The lowest BCUT2D eigenvalue weighted by atomic mass is 9.70. The highest BCUT2D eigenvalue weighted by atomic mass is 14.9. The van der Waals surface area contributed by atoms with Crippen LogP contribution in [0.15, 0.2) is 146 Å². The topological polar surface area (TPSA) is 12.0 Å². The van der Waals surface area contributed by atoms with Crippen LogP contribution >= 0.6 is 0 Å². The van der Waals surface area contributed by atoms with Gasteiger partial charge in [-0.3, -0.25) is 0 Å². The molecular formula is C40H29N. The molecular weight excluding hydrogens is 494 g/mol. The van der Waals surface area contributed by atoms with Gasteiger partial charge >= 0.3 is 0 Å². The number of hydrogen-bond donors (Lipinski definition) is 1. The molecule has 0 aliphatic heterocycles. The van der Waals surface area contributed by atoms with Gasteiger partial charge in [0.2, 0.25) is 0 Å². The molecule has 8 rings (SSSR count). The summed E-state index contributed by atoms with van der Waals surface area (Å²) >= 11 is 0. The van der Waals surface area contributed by atoms with E-state index < -0.39 is 0 Å². The predicted molar refractivity (Wildman–Crippen MR) is 173 cm³/mol. The van der Waals surface area contributed by atoms with E-state index in [4.69, 9.17) is 0 Å². The zero-order valence-corrected chi connectivity index (χ0v) is 22.9. The molecule has 2 aliphatic rings. The fraction of sp³-hybridized carbons (Fsp3) is 0.0500. The van der Waals surface area contributed by atoms with E-state index in [9.17, 15) is 0 Å². The first-order chi connectivity index (χ1) is 20.3. The van der Waals surface area contributed by atoms with Crippen LogP contribution < -0.4 is 5.32 Å². The molecule has 1 nitrogen and oxygen atoms in total. The van der Waals surface area contributed by atoms with Crippen molar-refractivity contribution in [2.45, 2.75) is 12.3 Å². The number of nitrogens with one attached hydrogen (secondary N) is 1. The van der Waals surface area contributed by atoms with Gasteiger partial charge in [0, 0.05) is 11.4 Å². The van der Waals surface area contributed by atoms with Crippen LogP contribution in [0, 0.1) is 0 Å². The summed E-state index contributed by atoms with van der Waals surface area (Å²) in [6, 6.07) is 51.2. The van der Waals surface area contributed by atoms with E-state index in [0.29, 0.717) is 0 Å². The summed E-state index contributed by atoms with van der Waals surface area (Å²) in [6.45, 7) is 2.05. The van der Waals surface area contributed by atoms with Crippen LogP contribution in [0.4, 0.5) is 11.4 Å². The number of rotatable bonds is 4. The van der Waals surface area contributed by atoms with Gasteiger partial charge < -0.3 is 5.32 Å². The average Bonchev–Trinajstić information content (AvgIpc) is 3.49. The summed E-state index contributed by atoms with van der Waals surface area (Å²) in [5.74, 6) is 0. The fourth-order valence-corrected chi connectivity index (χ4v) is 7.10. The molecule has 0 atom stereocenters. The van der Waals surface area contributed by atoms with Crippen molar-refractivity contribution in [1.29, 1.82) is 0 Å². The Morgan fingerprint density at radius 2 is 1.02 bits per heavy atom. The summed E-state index contributed by atoms with van der Waals surface area (Å²) in [4.78, 5) is 0. The summed E-state index contributed by atoms with van der Waals surface area (Å²) in [5.41, 5.74) is 16.3. The molecule has 6 aromatic rings. The highest BCUT2D eigenvalue weighted by Gasteiger charge is 2.51. The normalized spacial score (nSPS) is 13.6. The number of fused-ring (bicyclic) bond motifs is 10. The number of allylic oxidation sites excluding steroid dienone is 1. The van der Waals surface area contributed by atoms with Gasteiger partial charge in [-0.25, -0.2) is 0 Å². The number of benzene rings is 6. The molecule has 0 amide bonds. The molecule has 0 fully saturated rings. The first-order valence-electron chi connectivity index (χ1n) is 14.3. The minimum absolute atomic E-state index is 0.321. The summed E-state index contributed by atoms with van der Waals surface area (Å²) in [5, 5.41) is 3.71. The highest BCUT2D eigenvalue weighted by Crippen LogP contribution is 2.62. The molecule has 0 radical (unpaired) electrons. The van der Waals surface area contributed by atoms with Gasteiger partial charge in [-0.1, -0.05) is 121 Å². The van der Waals surface area contributed by atoms with Crippen molar-refractivity contribution >= 4 is 17.5 Å². The van der Waals surface area contributed by atoms with Crippen molar-refractivity contribution < 1.29 is 0 Å². The average molecular weight is 524 g/mol.